The van der Waals surface area contributed by atoms with Gasteiger partial charge in [0.1, 0.15) is 5.75 Å². The number of rotatable bonds is 4. The monoisotopic (exact) mass is 263 g/mol. The molecule has 2 N–H and O–H groups in total. The van der Waals surface area contributed by atoms with Crippen molar-refractivity contribution in [3.05, 3.63) is 29.8 Å². The number of hydrogen-bond acceptors (Lipinski definition) is 2. The molecule has 0 saturated heterocycles. The van der Waals surface area contributed by atoms with Gasteiger partial charge in [-0.25, -0.2) is 0 Å². The molecule has 2 nitrogen and oxygen atoms in total. The minimum absolute atomic E-state index is 0.202. The van der Waals surface area contributed by atoms with Crippen LogP contribution >= 0.6 is 0 Å². The van der Waals surface area contributed by atoms with E-state index in [1.165, 1.54) is 31.2 Å². The second-order valence-electron chi connectivity index (χ2n) is 6.35. The Bertz CT molecular complexity index is 376. The molecule has 18 heavy (non-hydrogen) atoms. The van der Waals surface area contributed by atoms with Crippen LogP contribution in [-0.4, -0.2) is 8.32 Å². The van der Waals surface area contributed by atoms with Crippen LogP contribution in [0.4, 0.5) is 0 Å². The lowest BCUT2D eigenvalue weighted by Gasteiger charge is -2.22. The van der Waals surface area contributed by atoms with E-state index in [0.29, 0.717) is 5.92 Å². The lowest BCUT2D eigenvalue weighted by atomic mass is 9.92. The maximum Gasteiger partial charge on any atom is 0.242 e. The Hall–Kier alpha value is -0.803. The van der Waals surface area contributed by atoms with Crippen LogP contribution in [0.15, 0.2) is 24.3 Å². The summed E-state index contributed by atoms with van der Waals surface area (Å²) < 4.78 is 5.96. The van der Waals surface area contributed by atoms with Crippen molar-refractivity contribution in [3.63, 3.8) is 0 Å². The highest BCUT2D eigenvalue weighted by molar-refractivity contribution is 6.70. The molecular weight excluding hydrogens is 238 g/mol. The molecule has 100 valence electrons. The van der Waals surface area contributed by atoms with Gasteiger partial charge in [0.25, 0.3) is 0 Å². The lowest BCUT2D eigenvalue weighted by Crippen LogP contribution is -2.29. The Kier molecular flexibility index (Phi) is 4.13. The zero-order chi connectivity index (χ0) is 13.2. The maximum atomic E-state index is 6.35. The van der Waals surface area contributed by atoms with E-state index in [-0.39, 0.29) is 6.04 Å². The van der Waals surface area contributed by atoms with Gasteiger partial charge in [0.15, 0.2) is 0 Å². The molecule has 1 fully saturated rings. The first-order chi connectivity index (χ1) is 8.46. The van der Waals surface area contributed by atoms with Gasteiger partial charge in [0, 0.05) is 6.04 Å². The van der Waals surface area contributed by atoms with Gasteiger partial charge in [-0.2, -0.15) is 0 Å². The highest BCUT2D eigenvalue weighted by atomic mass is 28.4. The molecule has 2 rings (SSSR count). The molecule has 1 atom stereocenters. The van der Waals surface area contributed by atoms with Crippen LogP contribution in [0.3, 0.4) is 0 Å². The molecule has 1 aliphatic carbocycles. The van der Waals surface area contributed by atoms with E-state index >= 15 is 0 Å². The molecule has 0 aromatic heterocycles. The summed E-state index contributed by atoms with van der Waals surface area (Å²) in [7, 11) is -1.50. The van der Waals surface area contributed by atoms with E-state index in [0.717, 1.165) is 5.75 Å². The Balaban J connectivity index is 2.02. The zero-order valence-corrected chi connectivity index (χ0v) is 12.8. The first kappa shape index (κ1) is 13.6. The van der Waals surface area contributed by atoms with Crippen LogP contribution < -0.4 is 10.2 Å². The molecule has 0 aliphatic heterocycles. The zero-order valence-electron chi connectivity index (χ0n) is 11.8. The quantitative estimate of drug-likeness (QED) is 0.830. The van der Waals surface area contributed by atoms with Crippen molar-refractivity contribution < 1.29 is 4.43 Å². The predicted molar refractivity (Wildman–Crippen MR) is 79.3 cm³/mol. The molecule has 1 aliphatic rings. The molecule has 0 spiro atoms. The minimum Gasteiger partial charge on any atom is -0.544 e. The van der Waals surface area contributed by atoms with Crippen LogP contribution in [0.5, 0.6) is 5.75 Å². The van der Waals surface area contributed by atoms with E-state index in [4.69, 9.17) is 10.2 Å². The molecule has 3 heteroatoms. The van der Waals surface area contributed by atoms with Gasteiger partial charge in [0.2, 0.25) is 8.32 Å². The Morgan fingerprint density at radius 1 is 1.11 bits per heavy atom. The first-order valence-electron chi connectivity index (χ1n) is 7.00. The van der Waals surface area contributed by atoms with Crippen molar-refractivity contribution >= 4 is 8.32 Å². The van der Waals surface area contributed by atoms with Crippen LogP contribution in [0.25, 0.3) is 0 Å². The van der Waals surface area contributed by atoms with Crippen molar-refractivity contribution in [1.29, 1.82) is 0 Å². The van der Waals surface area contributed by atoms with Crippen molar-refractivity contribution in [3.8, 4) is 5.75 Å². The van der Waals surface area contributed by atoms with Crippen LogP contribution in [0.1, 0.15) is 37.3 Å². The largest absolute Gasteiger partial charge is 0.544 e. The van der Waals surface area contributed by atoms with Crippen LogP contribution in [0.2, 0.25) is 19.6 Å². The summed E-state index contributed by atoms with van der Waals surface area (Å²) in [6.45, 7) is 6.60. The number of benzene rings is 1. The summed E-state index contributed by atoms with van der Waals surface area (Å²) in [6, 6.07) is 8.62. The van der Waals surface area contributed by atoms with E-state index in [9.17, 15) is 0 Å². The smallest absolute Gasteiger partial charge is 0.242 e. The fourth-order valence-corrected chi connectivity index (χ4v) is 3.54. The van der Waals surface area contributed by atoms with Crippen LogP contribution in [0, 0.1) is 5.92 Å². The van der Waals surface area contributed by atoms with Crippen molar-refractivity contribution in [1.82, 2.24) is 0 Å². The predicted octanol–water partition coefficient (Wildman–Crippen LogP) is 4.09. The molecule has 0 amide bonds. The fourth-order valence-electron chi connectivity index (χ4n) is 2.70. The highest BCUT2D eigenvalue weighted by Gasteiger charge is 2.23. The minimum atomic E-state index is -1.50. The summed E-state index contributed by atoms with van der Waals surface area (Å²) in [4.78, 5) is 0. The highest BCUT2D eigenvalue weighted by Crippen LogP contribution is 2.34. The van der Waals surface area contributed by atoms with Crippen molar-refractivity contribution in [2.24, 2.45) is 11.7 Å². The molecular formula is C15H25NOSi. The standard InChI is InChI=1S/C15H25NOSi/c1-18(2,3)17-14-10-8-13(9-11-14)15(16)12-6-4-5-7-12/h8-12,15H,4-7,16H2,1-3H3/t15-/m0/s1. The van der Waals surface area contributed by atoms with Gasteiger partial charge in [0.05, 0.1) is 0 Å². The molecule has 0 radical (unpaired) electrons. The molecule has 1 aromatic carbocycles. The molecule has 0 unspecified atom stereocenters. The van der Waals surface area contributed by atoms with Gasteiger partial charge >= 0.3 is 0 Å². The Labute approximate surface area is 112 Å². The van der Waals surface area contributed by atoms with E-state index in [2.05, 4.69) is 43.9 Å². The van der Waals surface area contributed by atoms with E-state index < -0.39 is 8.32 Å². The fraction of sp³-hybridized carbons (Fsp3) is 0.600. The lowest BCUT2D eigenvalue weighted by molar-refractivity contribution is 0.444. The summed E-state index contributed by atoms with van der Waals surface area (Å²) in [5, 5.41) is 0. The Morgan fingerprint density at radius 2 is 1.67 bits per heavy atom. The molecule has 0 heterocycles. The topological polar surface area (TPSA) is 35.2 Å². The van der Waals surface area contributed by atoms with E-state index in [1.54, 1.807) is 0 Å². The molecule has 0 bridgehead atoms. The van der Waals surface area contributed by atoms with Gasteiger partial charge in [-0.15, -0.1) is 0 Å². The molecule has 1 aromatic rings. The number of nitrogens with two attached hydrogens (primary N) is 1. The number of hydrogen-bond donors (Lipinski definition) is 1. The van der Waals surface area contributed by atoms with Gasteiger partial charge < -0.3 is 10.2 Å². The maximum absolute atomic E-state index is 6.35. The second kappa shape index (κ2) is 5.45. The summed E-state index contributed by atoms with van der Waals surface area (Å²) in [5.74, 6) is 1.66. The third-order valence-electron chi connectivity index (χ3n) is 3.60. The van der Waals surface area contributed by atoms with Gasteiger partial charge in [-0.1, -0.05) is 25.0 Å². The van der Waals surface area contributed by atoms with Gasteiger partial charge in [-0.05, 0) is 56.1 Å². The SMILES string of the molecule is C[Si](C)(C)Oc1ccc([C@@H](N)C2CCCC2)cc1. The van der Waals surface area contributed by atoms with Crippen LogP contribution in [-0.2, 0) is 0 Å². The average molecular weight is 263 g/mol. The third kappa shape index (κ3) is 3.59. The summed E-state index contributed by atoms with van der Waals surface area (Å²) >= 11 is 0. The average Bonchev–Trinajstić information content (AvgIpc) is 2.80. The summed E-state index contributed by atoms with van der Waals surface area (Å²) in [6.07, 6.45) is 5.26. The molecule has 1 saturated carbocycles. The second-order valence-corrected chi connectivity index (χ2v) is 10.8. The van der Waals surface area contributed by atoms with Crippen molar-refractivity contribution in [2.75, 3.05) is 0 Å². The van der Waals surface area contributed by atoms with E-state index in [1.807, 2.05) is 0 Å². The third-order valence-corrected chi connectivity index (χ3v) is 4.44. The van der Waals surface area contributed by atoms with Crippen molar-refractivity contribution in [2.45, 2.75) is 51.4 Å². The summed E-state index contributed by atoms with van der Waals surface area (Å²) in [5.41, 5.74) is 7.60. The first-order valence-corrected chi connectivity index (χ1v) is 10.4. The van der Waals surface area contributed by atoms with Gasteiger partial charge in [-0.3, -0.25) is 0 Å². The normalized spacial score (nSPS) is 18.9. The Morgan fingerprint density at radius 3 is 2.17 bits per heavy atom.